The first kappa shape index (κ1) is 11.5. The summed E-state index contributed by atoms with van der Waals surface area (Å²) in [5, 5.41) is 6.03. The molecular formula is C10H21N3O. The number of hydrogen-bond acceptors (Lipinski definition) is 3. The van der Waals surface area contributed by atoms with E-state index in [4.69, 9.17) is 0 Å². The van der Waals surface area contributed by atoms with Gasteiger partial charge in [-0.1, -0.05) is 6.92 Å². The third kappa shape index (κ3) is 3.27. The van der Waals surface area contributed by atoms with Gasteiger partial charge in [0, 0.05) is 19.6 Å². The Labute approximate surface area is 86.0 Å². The highest BCUT2D eigenvalue weighted by Crippen LogP contribution is 2.13. The first-order valence-corrected chi connectivity index (χ1v) is 5.25. The van der Waals surface area contributed by atoms with Gasteiger partial charge in [-0.3, -0.25) is 9.69 Å². The van der Waals surface area contributed by atoms with E-state index < -0.39 is 0 Å². The molecule has 2 unspecified atom stereocenters. The molecule has 1 rings (SSSR count). The molecule has 0 saturated carbocycles. The van der Waals surface area contributed by atoms with Crippen molar-refractivity contribution in [3.63, 3.8) is 0 Å². The summed E-state index contributed by atoms with van der Waals surface area (Å²) in [7, 11) is 3.69. The van der Waals surface area contributed by atoms with E-state index in [0.29, 0.717) is 18.5 Å². The SMILES string of the molecule is CNC(=O)CN(C)C1CNCC(C)C1. The van der Waals surface area contributed by atoms with Crippen LogP contribution >= 0.6 is 0 Å². The summed E-state index contributed by atoms with van der Waals surface area (Å²) in [4.78, 5) is 13.3. The molecule has 1 fully saturated rings. The lowest BCUT2D eigenvalue weighted by Crippen LogP contribution is -2.49. The first-order valence-electron chi connectivity index (χ1n) is 5.25. The van der Waals surface area contributed by atoms with Crippen LogP contribution in [-0.4, -0.2) is 50.6 Å². The highest BCUT2D eigenvalue weighted by atomic mass is 16.1. The lowest BCUT2D eigenvalue weighted by atomic mass is 9.97. The Kier molecular flexibility index (Phi) is 4.35. The van der Waals surface area contributed by atoms with Gasteiger partial charge in [0.25, 0.3) is 0 Å². The van der Waals surface area contributed by atoms with Crippen molar-refractivity contribution in [2.24, 2.45) is 5.92 Å². The van der Waals surface area contributed by atoms with Crippen LogP contribution in [0.15, 0.2) is 0 Å². The van der Waals surface area contributed by atoms with Gasteiger partial charge in [0.2, 0.25) is 5.91 Å². The van der Waals surface area contributed by atoms with Crippen LogP contribution in [0.25, 0.3) is 0 Å². The fourth-order valence-electron chi connectivity index (χ4n) is 1.90. The van der Waals surface area contributed by atoms with Gasteiger partial charge in [-0.2, -0.15) is 0 Å². The molecule has 1 aliphatic rings. The predicted octanol–water partition coefficient (Wildman–Crippen LogP) is -0.338. The van der Waals surface area contributed by atoms with Crippen LogP contribution in [0.5, 0.6) is 0 Å². The zero-order chi connectivity index (χ0) is 10.6. The van der Waals surface area contributed by atoms with Crippen LogP contribution in [0.3, 0.4) is 0 Å². The minimum absolute atomic E-state index is 0.0886. The number of amides is 1. The summed E-state index contributed by atoms with van der Waals surface area (Å²) in [5.74, 6) is 0.798. The van der Waals surface area contributed by atoms with Crippen molar-refractivity contribution in [2.75, 3.05) is 33.7 Å². The van der Waals surface area contributed by atoms with E-state index in [1.807, 2.05) is 7.05 Å². The molecule has 2 N–H and O–H groups in total. The van der Waals surface area contributed by atoms with E-state index in [0.717, 1.165) is 13.1 Å². The van der Waals surface area contributed by atoms with Gasteiger partial charge in [-0.05, 0) is 25.9 Å². The lowest BCUT2D eigenvalue weighted by molar-refractivity contribution is -0.122. The highest BCUT2D eigenvalue weighted by Gasteiger charge is 2.22. The molecular weight excluding hydrogens is 178 g/mol. The molecule has 0 aromatic heterocycles. The van der Waals surface area contributed by atoms with Gasteiger partial charge in [0.15, 0.2) is 0 Å². The number of carbonyl (C=O) groups is 1. The van der Waals surface area contributed by atoms with Crippen molar-refractivity contribution in [2.45, 2.75) is 19.4 Å². The fourth-order valence-corrected chi connectivity index (χ4v) is 1.90. The van der Waals surface area contributed by atoms with Crippen molar-refractivity contribution < 1.29 is 4.79 Å². The van der Waals surface area contributed by atoms with Crippen LogP contribution in [0.2, 0.25) is 0 Å². The number of carbonyl (C=O) groups excluding carboxylic acids is 1. The van der Waals surface area contributed by atoms with E-state index in [1.165, 1.54) is 6.42 Å². The molecule has 0 bridgehead atoms. The minimum atomic E-state index is 0.0886. The summed E-state index contributed by atoms with van der Waals surface area (Å²) in [6, 6.07) is 0.496. The summed E-state index contributed by atoms with van der Waals surface area (Å²) >= 11 is 0. The zero-order valence-corrected chi connectivity index (χ0v) is 9.34. The molecule has 0 aromatic rings. The maximum Gasteiger partial charge on any atom is 0.233 e. The van der Waals surface area contributed by atoms with Gasteiger partial charge in [-0.15, -0.1) is 0 Å². The van der Waals surface area contributed by atoms with E-state index in [2.05, 4.69) is 22.5 Å². The molecule has 0 aliphatic carbocycles. The maximum absolute atomic E-state index is 11.2. The van der Waals surface area contributed by atoms with Crippen molar-refractivity contribution >= 4 is 5.91 Å². The minimum Gasteiger partial charge on any atom is -0.358 e. The van der Waals surface area contributed by atoms with E-state index in [9.17, 15) is 4.79 Å². The molecule has 14 heavy (non-hydrogen) atoms. The molecule has 82 valence electrons. The van der Waals surface area contributed by atoms with Gasteiger partial charge in [0.1, 0.15) is 0 Å². The number of nitrogens with zero attached hydrogens (tertiary/aromatic N) is 1. The second-order valence-electron chi connectivity index (χ2n) is 4.24. The molecule has 0 spiro atoms. The van der Waals surface area contributed by atoms with Crippen LogP contribution < -0.4 is 10.6 Å². The van der Waals surface area contributed by atoms with Gasteiger partial charge in [0.05, 0.1) is 6.54 Å². The Hall–Kier alpha value is -0.610. The summed E-state index contributed by atoms with van der Waals surface area (Å²) in [5.41, 5.74) is 0. The Balaban J connectivity index is 2.35. The average molecular weight is 199 g/mol. The van der Waals surface area contributed by atoms with Crippen LogP contribution in [0.4, 0.5) is 0 Å². The van der Waals surface area contributed by atoms with Gasteiger partial charge >= 0.3 is 0 Å². The Morgan fingerprint density at radius 1 is 1.57 bits per heavy atom. The highest BCUT2D eigenvalue weighted by molar-refractivity contribution is 5.77. The second-order valence-corrected chi connectivity index (χ2v) is 4.24. The zero-order valence-electron chi connectivity index (χ0n) is 9.34. The standard InChI is InChI=1S/C10H21N3O/c1-8-4-9(6-12-5-8)13(3)7-10(14)11-2/h8-9,12H,4-7H2,1-3H3,(H,11,14). The summed E-state index contributed by atoms with van der Waals surface area (Å²) in [6.45, 7) is 4.84. The van der Waals surface area contributed by atoms with Crippen LogP contribution in [0, 0.1) is 5.92 Å². The predicted molar refractivity (Wildman–Crippen MR) is 57.1 cm³/mol. The molecule has 4 heteroatoms. The van der Waals surface area contributed by atoms with Crippen LogP contribution in [0.1, 0.15) is 13.3 Å². The molecule has 1 saturated heterocycles. The van der Waals surface area contributed by atoms with Crippen LogP contribution in [-0.2, 0) is 4.79 Å². The van der Waals surface area contributed by atoms with Gasteiger partial charge in [-0.25, -0.2) is 0 Å². The maximum atomic E-state index is 11.2. The monoisotopic (exact) mass is 199 g/mol. The summed E-state index contributed by atoms with van der Waals surface area (Å²) < 4.78 is 0. The molecule has 1 aliphatic heterocycles. The summed E-state index contributed by atoms with van der Waals surface area (Å²) in [6.07, 6.45) is 1.18. The Morgan fingerprint density at radius 2 is 2.29 bits per heavy atom. The second kappa shape index (κ2) is 5.32. The van der Waals surface area contributed by atoms with E-state index in [-0.39, 0.29) is 5.91 Å². The number of nitrogens with one attached hydrogen (secondary N) is 2. The smallest absolute Gasteiger partial charge is 0.233 e. The fraction of sp³-hybridized carbons (Fsp3) is 0.900. The third-order valence-electron chi connectivity index (χ3n) is 2.84. The van der Waals surface area contributed by atoms with Crippen molar-refractivity contribution in [1.29, 1.82) is 0 Å². The molecule has 0 aromatic carbocycles. The normalized spacial score (nSPS) is 27.7. The Morgan fingerprint density at radius 3 is 2.86 bits per heavy atom. The largest absolute Gasteiger partial charge is 0.358 e. The average Bonchev–Trinajstić information content (AvgIpc) is 2.17. The number of likely N-dealkylation sites (N-methyl/N-ethyl adjacent to an activating group) is 2. The third-order valence-corrected chi connectivity index (χ3v) is 2.84. The topological polar surface area (TPSA) is 44.4 Å². The van der Waals surface area contributed by atoms with Gasteiger partial charge < -0.3 is 10.6 Å². The molecule has 2 atom stereocenters. The number of rotatable bonds is 3. The quantitative estimate of drug-likeness (QED) is 0.654. The van der Waals surface area contributed by atoms with Crippen molar-refractivity contribution in [3.8, 4) is 0 Å². The molecule has 0 radical (unpaired) electrons. The van der Waals surface area contributed by atoms with E-state index >= 15 is 0 Å². The number of piperidine rings is 1. The van der Waals surface area contributed by atoms with E-state index in [1.54, 1.807) is 7.05 Å². The Bertz CT molecular complexity index is 196. The van der Waals surface area contributed by atoms with Crippen molar-refractivity contribution in [3.05, 3.63) is 0 Å². The van der Waals surface area contributed by atoms with Crippen molar-refractivity contribution in [1.82, 2.24) is 15.5 Å². The number of hydrogen-bond donors (Lipinski definition) is 2. The first-order chi connectivity index (χ1) is 6.63. The molecule has 1 amide bonds. The molecule has 1 heterocycles. The lowest BCUT2D eigenvalue weighted by Gasteiger charge is -2.34. The molecule has 4 nitrogen and oxygen atoms in total.